The summed E-state index contributed by atoms with van der Waals surface area (Å²) in [6.07, 6.45) is 2.60. The van der Waals surface area contributed by atoms with Gasteiger partial charge in [-0.25, -0.2) is 8.42 Å². The van der Waals surface area contributed by atoms with Gasteiger partial charge in [0.1, 0.15) is 0 Å². The molecule has 2 heterocycles. The zero-order valence-corrected chi connectivity index (χ0v) is 18.9. The van der Waals surface area contributed by atoms with Crippen molar-refractivity contribution in [3.63, 3.8) is 0 Å². The lowest BCUT2D eigenvalue weighted by atomic mass is 9.97. The SMILES string of the molecule is O=C(NCc1ccc(CN2CCCC2=O)cc1)C1CCN(S(=O)(=O)c2ccccc2)CC1. The van der Waals surface area contributed by atoms with E-state index in [9.17, 15) is 18.0 Å². The lowest BCUT2D eigenvalue weighted by molar-refractivity contribution is -0.128. The van der Waals surface area contributed by atoms with E-state index in [2.05, 4.69) is 5.32 Å². The van der Waals surface area contributed by atoms with Gasteiger partial charge in [-0.15, -0.1) is 0 Å². The highest BCUT2D eigenvalue weighted by atomic mass is 32.2. The van der Waals surface area contributed by atoms with Gasteiger partial charge in [-0.2, -0.15) is 4.31 Å². The first-order chi connectivity index (χ1) is 15.4. The van der Waals surface area contributed by atoms with E-state index in [0.717, 1.165) is 24.1 Å². The van der Waals surface area contributed by atoms with Crippen molar-refractivity contribution in [1.82, 2.24) is 14.5 Å². The number of amides is 2. The Morgan fingerprint density at radius 1 is 0.938 bits per heavy atom. The number of nitrogens with zero attached hydrogens (tertiary/aromatic N) is 2. The van der Waals surface area contributed by atoms with Gasteiger partial charge < -0.3 is 10.2 Å². The highest BCUT2D eigenvalue weighted by molar-refractivity contribution is 7.89. The lowest BCUT2D eigenvalue weighted by Gasteiger charge is -2.30. The molecule has 2 fully saturated rings. The fraction of sp³-hybridized carbons (Fsp3) is 0.417. The van der Waals surface area contributed by atoms with E-state index < -0.39 is 10.0 Å². The standard InChI is InChI=1S/C24H29N3O4S/c28-23-7-4-14-26(23)18-20-10-8-19(9-11-20)17-25-24(29)21-12-15-27(16-13-21)32(30,31)22-5-2-1-3-6-22/h1-3,5-6,8-11,21H,4,7,12-18H2,(H,25,29). The predicted octanol–water partition coefficient (Wildman–Crippen LogP) is 2.53. The molecule has 0 aliphatic carbocycles. The molecule has 2 amide bonds. The Balaban J connectivity index is 1.24. The van der Waals surface area contributed by atoms with Crippen LogP contribution in [0.2, 0.25) is 0 Å². The summed E-state index contributed by atoms with van der Waals surface area (Å²) in [5.41, 5.74) is 2.08. The van der Waals surface area contributed by atoms with Crippen molar-refractivity contribution in [2.75, 3.05) is 19.6 Å². The Bertz CT molecular complexity index is 1050. The molecule has 0 aromatic heterocycles. The number of likely N-dealkylation sites (tertiary alicyclic amines) is 1. The number of carbonyl (C=O) groups excluding carboxylic acids is 2. The fourth-order valence-corrected chi connectivity index (χ4v) is 5.78. The molecule has 0 bridgehead atoms. The number of benzene rings is 2. The molecule has 2 aromatic carbocycles. The molecule has 2 aromatic rings. The number of sulfonamides is 1. The molecule has 2 saturated heterocycles. The van der Waals surface area contributed by atoms with Crippen LogP contribution >= 0.6 is 0 Å². The van der Waals surface area contributed by atoms with Crippen molar-refractivity contribution in [2.24, 2.45) is 5.92 Å². The van der Waals surface area contributed by atoms with Crippen LogP contribution in [0.3, 0.4) is 0 Å². The summed E-state index contributed by atoms with van der Waals surface area (Å²) in [6.45, 7) is 2.58. The summed E-state index contributed by atoms with van der Waals surface area (Å²) in [4.78, 5) is 26.5. The second kappa shape index (κ2) is 9.83. The van der Waals surface area contributed by atoms with Crippen LogP contribution in [0, 0.1) is 5.92 Å². The molecule has 0 atom stereocenters. The summed E-state index contributed by atoms with van der Waals surface area (Å²) < 4.78 is 26.9. The van der Waals surface area contributed by atoms with E-state index in [1.807, 2.05) is 29.2 Å². The second-order valence-electron chi connectivity index (χ2n) is 8.44. The fourth-order valence-electron chi connectivity index (χ4n) is 4.29. The van der Waals surface area contributed by atoms with E-state index >= 15 is 0 Å². The summed E-state index contributed by atoms with van der Waals surface area (Å²) in [6, 6.07) is 16.4. The zero-order chi connectivity index (χ0) is 22.6. The quantitative estimate of drug-likeness (QED) is 0.695. The average Bonchev–Trinajstić information content (AvgIpc) is 3.23. The summed E-state index contributed by atoms with van der Waals surface area (Å²) in [7, 11) is -3.51. The monoisotopic (exact) mass is 455 g/mol. The van der Waals surface area contributed by atoms with Gasteiger partial charge in [-0.05, 0) is 42.5 Å². The molecule has 0 saturated carbocycles. The Morgan fingerprint density at radius 2 is 1.59 bits per heavy atom. The second-order valence-corrected chi connectivity index (χ2v) is 10.4. The molecule has 2 aliphatic heterocycles. The van der Waals surface area contributed by atoms with Crippen molar-refractivity contribution in [3.05, 3.63) is 65.7 Å². The Hall–Kier alpha value is -2.71. The number of hydrogen-bond donors (Lipinski definition) is 1. The van der Waals surface area contributed by atoms with Gasteiger partial charge in [0.15, 0.2) is 0 Å². The molecule has 4 rings (SSSR count). The van der Waals surface area contributed by atoms with Gasteiger partial charge in [-0.3, -0.25) is 9.59 Å². The van der Waals surface area contributed by atoms with E-state index in [-0.39, 0.29) is 17.7 Å². The van der Waals surface area contributed by atoms with E-state index in [4.69, 9.17) is 0 Å². The normalized spacial score (nSPS) is 18.1. The van der Waals surface area contributed by atoms with Crippen LogP contribution in [0.5, 0.6) is 0 Å². The van der Waals surface area contributed by atoms with Gasteiger partial charge in [0.05, 0.1) is 4.90 Å². The van der Waals surface area contributed by atoms with Crippen molar-refractivity contribution in [3.8, 4) is 0 Å². The number of nitrogens with one attached hydrogen (secondary N) is 1. The summed E-state index contributed by atoms with van der Waals surface area (Å²) in [5.74, 6) is -0.00451. The zero-order valence-electron chi connectivity index (χ0n) is 18.1. The van der Waals surface area contributed by atoms with Crippen LogP contribution in [0.15, 0.2) is 59.5 Å². The Morgan fingerprint density at radius 3 is 2.22 bits per heavy atom. The van der Waals surface area contributed by atoms with E-state index in [1.54, 1.807) is 30.3 Å². The largest absolute Gasteiger partial charge is 0.352 e. The summed E-state index contributed by atoms with van der Waals surface area (Å²) in [5, 5.41) is 2.98. The van der Waals surface area contributed by atoms with Gasteiger partial charge in [-0.1, -0.05) is 42.5 Å². The molecule has 1 N–H and O–H groups in total. The first-order valence-electron chi connectivity index (χ1n) is 11.1. The molecule has 170 valence electrons. The van der Waals surface area contributed by atoms with Crippen molar-refractivity contribution in [2.45, 2.75) is 43.7 Å². The molecule has 32 heavy (non-hydrogen) atoms. The van der Waals surface area contributed by atoms with Gasteiger partial charge in [0, 0.05) is 45.1 Å². The molecule has 7 nitrogen and oxygen atoms in total. The lowest BCUT2D eigenvalue weighted by Crippen LogP contribution is -2.42. The first-order valence-corrected chi connectivity index (χ1v) is 12.6. The maximum absolute atomic E-state index is 12.7. The van der Waals surface area contributed by atoms with Crippen LogP contribution in [-0.4, -0.2) is 49.1 Å². The van der Waals surface area contributed by atoms with Crippen LogP contribution < -0.4 is 5.32 Å². The topological polar surface area (TPSA) is 86.8 Å². The highest BCUT2D eigenvalue weighted by Crippen LogP contribution is 2.24. The number of hydrogen-bond acceptors (Lipinski definition) is 4. The third kappa shape index (κ3) is 5.19. The van der Waals surface area contributed by atoms with Crippen LogP contribution in [0.1, 0.15) is 36.8 Å². The smallest absolute Gasteiger partial charge is 0.243 e. The molecular formula is C24H29N3O4S. The minimum absolute atomic E-state index is 0.0338. The minimum Gasteiger partial charge on any atom is -0.352 e. The number of piperidine rings is 1. The van der Waals surface area contributed by atoms with Gasteiger partial charge in [0.2, 0.25) is 21.8 Å². The maximum atomic E-state index is 12.7. The molecule has 2 aliphatic rings. The number of rotatable bonds is 7. The van der Waals surface area contributed by atoms with Gasteiger partial charge >= 0.3 is 0 Å². The minimum atomic E-state index is -3.51. The van der Waals surface area contributed by atoms with Crippen molar-refractivity contribution >= 4 is 21.8 Å². The van der Waals surface area contributed by atoms with Crippen molar-refractivity contribution < 1.29 is 18.0 Å². The molecule has 0 spiro atoms. The van der Waals surface area contributed by atoms with E-state index in [1.165, 1.54) is 4.31 Å². The average molecular weight is 456 g/mol. The van der Waals surface area contributed by atoms with Crippen LogP contribution in [-0.2, 0) is 32.7 Å². The summed E-state index contributed by atoms with van der Waals surface area (Å²) >= 11 is 0. The van der Waals surface area contributed by atoms with Crippen LogP contribution in [0.4, 0.5) is 0 Å². The third-order valence-corrected chi connectivity index (χ3v) is 8.15. The molecule has 8 heteroatoms. The maximum Gasteiger partial charge on any atom is 0.243 e. The third-order valence-electron chi connectivity index (χ3n) is 6.24. The van der Waals surface area contributed by atoms with Crippen LogP contribution in [0.25, 0.3) is 0 Å². The van der Waals surface area contributed by atoms with Crippen molar-refractivity contribution in [1.29, 1.82) is 0 Å². The van der Waals surface area contributed by atoms with Gasteiger partial charge in [0.25, 0.3) is 0 Å². The predicted molar refractivity (Wildman–Crippen MR) is 121 cm³/mol. The molecular weight excluding hydrogens is 426 g/mol. The Kier molecular flexibility index (Phi) is 6.91. The first kappa shape index (κ1) is 22.5. The van der Waals surface area contributed by atoms with E-state index in [0.29, 0.717) is 50.3 Å². The molecule has 0 radical (unpaired) electrons. The number of carbonyl (C=O) groups is 2. The highest BCUT2D eigenvalue weighted by Gasteiger charge is 2.31. The Labute approximate surface area is 189 Å². The molecule has 0 unspecified atom stereocenters.